The van der Waals surface area contributed by atoms with Crippen molar-refractivity contribution in [2.24, 2.45) is 0 Å². The Labute approximate surface area is 117 Å². The Morgan fingerprint density at radius 2 is 1.85 bits per heavy atom. The fourth-order valence-electron chi connectivity index (χ4n) is 2.61. The number of aromatic nitrogens is 2. The molecule has 0 aromatic carbocycles. The van der Waals surface area contributed by atoms with E-state index >= 15 is 0 Å². The molecule has 20 heavy (non-hydrogen) atoms. The second-order valence-electron chi connectivity index (χ2n) is 5.46. The standard InChI is InChI=1S/C14H19N3O3/c18-14(19)12-4-5-13(16-15-12)17-8-6-11(7-9-17)20-10-2-1-3-10/h4-5,10-11H,1-3,6-9H2,(H,18,19). The van der Waals surface area contributed by atoms with E-state index in [-0.39, 0.29) is 5.69 Å². The zero-order valence-corrected chi connectivity index (χ0v) is 11.4. The van der Waals surface area contributed by atoms with Gasteiger partial charge in [-0.1, -0.05) is 0 Å². The Balaban J connectivity index is 1.53. The monoisotopic (exact) mass is 277 g/mol. The van der Waals surface area contributed by atoms with Gasteiger partial charge in [-0.3, -0.25) is 0 Å². The van der Waals surface area contributed by atoms with Gasteiger partial charge in [0, 0.05) is 13.1 Å². The van der Waals surface area contributed by atoms with Gasteiger partial charge in [0.2, 0.25) is 0 Å². The van der Waals surface area contributed by atoms with Crippen LogP contribution in [0.25, 0.3) is 0 Å². The highest BCUT2D eigenvalue weighted by atomic mass is 16.5. The van der Waals surface area contributed by atoms with Crippen LogP contribution in [0.5, 0.6) is 0 Å². The van der Waals surface area contributed by atoms with Gasteiger partial charge in [0.15, 0.2) is 11.5 Å². The van der Waals surface area contributed by atoms with Gasteiger partial charge in [-0.05, 0) is 44.2 Å². The Morgan fingerprint density at radius 1 is 1.15 bits per heavy atom. The van der Waals surface area contributed by atoms with E-state index in [2.05, 4.69) is 15.1 Å². The lowest BCUT2D eigenvalue weighted by Gasteiger charge is -2.36. The zero-order valence-electron chi connectivity index (χ0n) is 11.4. The summed E-state index contributed by atoms with van der Waals surface area (Å²) in [6.45, 7) is 1.77. The Hall–Kier alpha value is -1.69. The minimum absolute atomic E-state index is 0.0167. The number of carbonyl (C=O) groups is 1. The summed E-state index contributed by atoms with van der Waals surface area (Å²) in [7, 11) is 0. The topological polar surface area (TPSA) is 75.5 Å². The Morgan fingerprint density at radius 3 is 2.35 bits per heavy atom. The summed E-state index contributed by atoms with van der Waals surface area (Å²) >= 11 is 0. The molecular formula is C14H19N3O3. The first-order valence-electron chi connectivity index (χ1n) is 7.20. The molecule has 108 valence electrons. The molecule has 1 aliphatic heterocycles. The van der Waals surface area contributed by atoms with E-state index in [4.69, 9.17) is 9.84 Å². The molecule has 1 saturated heterocycles. The number of nitrogens with zero attached hydrogens (tertiary/aromatic N) is 3. The third kappa shape index (κ3) is 2.90. The van der Waals surface area contributed by atoms with Gasteiger partial charge in [-0.25, -0.2) is 4.79 Å². The molecule has 1 aromatic heterocycles. The van der Waals surface area contributed by atoms with Crippen molar-refractivity contribution in [2.75, 3.05) is 18.0 Å². The summed E-state index contributed by atoms with van der Waals surface area (Å²) in [5.41, 5.74) is -0.0167. The summed E-state index contributed by atoms with van der Waals surface area (Å²) in [5.74, 6) is -0.297. The van der Waals surface area contributed by atoms with Gasteiger partial charge >= 0.3 is 5.97 Å². The smallest absolute Gasteiger partial charge is 0.356 e. The highest BCUT2D eigenvalue weighted by molar-refractivity contribution is 5.85. The number of hydrogen-bond donors (Lipinski definition) is 1. The third-order valence-corrected chi connectivity index (χ3v) is 4.07. The van der Waals surface area contributed by atoms with Crippen LogP contribution in [-0.2, 0) is 4.74 Å². The highest BCUT2D eigenvalue weighted by Gasteiger charge is 2.26. The van der Waals surface area contributed by atoms with Crippen molar-refractivity contribution in [3.63, 3.8) is 0 Å². The van der Waals surface area contributed by atoms with Crippen molar-refractivity contribution < 1.29 is 14.6 Å². The Kier molecular flexibility index (Phi) is 3.82. The van der Waals surface area contributed by atoms with Gasteiger partial charge < -0.3 is 14.7 Å². The number of carboxylic acids is 1. The van der Waals surface area contributed by atoms with Crippen LogP contribution < -0.4 is 4.90 Å². The molecular weight excluding hydrogens is 258 g/mol. The average molecular weight is 277 g/mol. The van der Waals surface area contributed by atoms with Crippen LogP contribution in [0.4, 0.5) is 5.82 Å². The molecule has 0 amide bonds. The van der Waals surface area contributed by atoms with E-state index in [1.54, 1.807) is 6.07 Å². The molecule has 1 aliphatic carbocycles. The van der Waals surface area contributed by atoms with Crippen LogP contribution >= 0.6 is 0 Å². The molecule has 0 spiro atoms. The van der Waals surface area contributed by atoms with Crippen LogP contribution in [0, 0.1) is 0 Å². The first-order valence-corrected chi connectivity index (χ1v) is 7.20. The molecule has 0 radical (unpaired) electrons. The van der Waals surface area contributed by atoms with E-state index in [1.165, 1.54) is 25.3 Å². The second kappa shape index (κ2) is 5.75. The predicted molar refractivity (Wildman–Crippen MR) is 73.0 cm³/mol. The number of hydrogen-bond acceptors (Lipinski definition) is 5. The van der Waals surface area contributed by atoms with Gasteiger partial charge in [-0.15, -0.1) is 10.2 Å². The zero-order chi connectivity index (χ0) is 13.9. The van der Waals surface area contributed by atoms with Gasteiger partial charge in [0.05, 0.1) is 12.2 Å². The molecule has 2 heterocycles. The number of aromatic carboxylic acids is 1. The maximum absolute atomic E-state index is 10.7. The fraction of sp³-hybridized carbons (Fsp3) is 0.643. The summed E-state index contributed by atoms with van der Waals surface area (Å²) < 4.78 is 6.02. The largest absolute Gasteiger partial charge is 0.476 e. The molecule has 3 rings (SSSR count). The number of anilines is 1. The van der Waals surface area contributed by atoms with E-state index in [9.17, 15) is 4.79 Å². The fourth-order valence-corrected chi connectivity index (χ4v) is 2.61. The number of rotatable bonds is 4. The minimum atomic E-state index is -1.04. The summed E-state index contributed by atoms with van der Waals surface area (Å²) in [4.78, 5) is 12.9. The van der Waals surface area contributed by atoms with E-state index < -0.39 is 5.97 Å². The lowest BCUT2D eigenvalue weighted by Crippen LogP contribution is -2.40. The molecule has 1 aromatic rings. The van der Waals surface area contributed by atoms with Crippen molar-refractivity contribution in [2.45, 2.75) is 44.3 Å². The van der Waals surface area contributed by atoms with Crippen LogP contribution in [-0.4, -0.2) is 46.6 Å². The molecule has 1 saturated carbocycles. The van der Waals surface area contributed by atoms with Crippen LogP contribution in [0.2, 0.25) is 0 Å². The van der Waals surface area contributed by atoms with Crippen molar-refractivity contribution in [3.8, 4) is 0 Å². The maximum Gasteiger partial charge on any atom is 0.356 e. The predicted octanol–water partition coefficient (Wildman–Crippen LogP) is 1.71. The molecule has 0 bridgehead atoms. The highest BCUT2D eigenvalue weighted by Crippen LogP contribution is 2.27. The first kappa shape index (κ1) is 13.3. The number of ether oxygens (including phenoxy) is 1. The van der Waals surface area contributed by atoms with Gasteiger partial charge in [0.25, 0.3) is 0 Å². The van der Waals surface area contributed by atoms with Crippen LogP contribution in [0.1, 0.15) is 42.6 Å². The van der Waals surface area contributed by atoms with Crippen molar-refractivity contribution in [1.82, 2.24) is 10.2 Å². The normalized spacial score (nSPS) is 20.7. The first-order chi connectivity index (χ1) is 9.72. The number of carboxylic acid groups (broad SMARTS) is 1. The molecule has 2 fully saturated rings. The minimum Gasteiger partial charge on any atom is -0.476 e. The van der Waals surface area contributed by atoms with Crippen LogP contribution in [0.15, 0.2) is 12.1 Å². The lowest BCUT2D eigenvalue weighted by molar-refractivity contribution is -0.0596. The quantitative estimate of drug-likeness (QED) is 0.903. The SMILES string of the molecule is O=C(O)c1ccc(N2CCC(OC3CCC3)CC2)nn1. The maximum atomic E-state index is 10.7. The number of piperidine rings is 1. The second-order valence-corrected chi connectivity index (χ2v) is 5.46. The van der Waals surface area contributed by atoms with E-state index in [0.29, 0.717) is 12.2 Å². The molecule has 6 nitrogen and oxygen atoms in total. The van der Waals surface area contributed by atoms with Crippen molar-refractivity contribution >= 4 is 11.8 Å². The molecule has 6 heteroatoms. The summed E-state index contributed by atoms with van der Waals surface area (Å²) in [5, 5.41) is 16.5. The van der Waals surface area contributed by atoms with Gasteiger partial charge in [0.1, 0.15) is 0 Å². The molecule has 0 atom stereocenters. The summed E-state index contributed by atoms with van der Waals surface area (Å²) in [6.07, 6.45) is 6.57. The van der Waals surface area contributed by atoms with E-state index in [1.807, 2.05) is 0 Å². The van der Waals surface area contributed by atoms with Gasteiger partial charge in [-0.2, -0.15) is 0 Å². The van der Waals surface area contributed by atoms with Crippen LogP contribution in [0.3, 0.4) is 0 Å². The average Bonchev–Trinajstić information content (AvgIpc) is 2.44. The van der Waals surface area contributed by atoms with Crippen molar-refractivity contribution in [1.29, 1.82) is 0 Å². The molecule has 0 unspecified atom stereocenters. The Bertz CT molecular complexity index is 465. The molecule has 2 aliphatic rings. The molecule has 1 N–H and O–H groups in total. The lowest BCUT2D eigenvalue weighted by atomic mass is 9.95. The van der Waals surface area contributed by atoms with E-state index in [0.717, 1.165) is 31.7 Å². The summed E-state index contributed by atoms with van der Waals surface area (Å²) in [6, 6.07) is 3.23. The third-order valence-electron chi connectivity index (χ3n) is 4.07. The van der Waals surface area contributed by atoms with Crippen molar-refractivity contribution in [3.05, 3.63) is 17.8 Å².